The van der Waals surface area contributed by atoms with Crippen LogP contribution in [0.15, 0.2) is 52.5 Å². The Morgan fingerprint density at radius 2 is 1.61 bits per heavy atom. The molecular formula is C16H18N4O6S2. The van der Waals surface area contributed by atoms with Gasteiger partial charge in [0, 0.05) is 50.7 Å². The molecule has 1 aromatic carbocycles. The molecule has 10 nitrogen and oxygen atoms in total. The van der Waals surface area contributed by atoms with E-state index in [1.54, 1.807) is 6.92 Å². The number of nitro groups is 1. The zero-order valence-corrected chi connectivity index (χ0v) is 16.6. The Morgan fingerprint density at radius 3 is 2.14 bits per heavy atom. The van der Waals surface area contributed by atoms with Gasteiger partial charge in [0.1, 0.15) is 4.90 Å². The van der Waals surface area contributed by atoms with Gasteiger partial charge in [-0.15, -0.1) is 0 Å². The van der Waals surface area contributed by atoms with Crippen LogP contribution in [0.4, 0.5) is 5.69 Å². The van der Waals surface area contributed by atoms with Crippen molar-refractivity contribution in [2.75, 3.05) is 26.2 Å². The molecule has 0 spiro atoms. The van der Waals surface area contributed by atoms with E-state index in [9.17, 15) is 26.9 Å². The van der Waals surface area contributed by atoms with E-state index in [0.717, 1.165) is 10.4 Å². The number of sulfonamides is 2. The summed E-state index contributed by atoms with van der Waals surface area (Å²) >= 11 is 0. The molecule has 0 unspecified atom stereocenters. The third-order valence-corrected chi connectivity index (χ3v) is 8.39. The summed E-state index contributed by atoms with van der Waals surface area (Å²) in [6.07, 6.45) is 2.70. The van der Waals surface area contributed by atoms with Crippen LogP contribution in [0, 0.1) is 17.0 Å². The number of piperazine rings is 1. The Bertz CT molecular complexity index is 1100. The van der Waals surface area contributed by atoms with Crippen LogP contribution < -0.4 is 0 Å². The number of non-ortho nitro benzene ring substituents is 1. The lowest BCUT2D eigenvalue weighted by Gasteiger charge is -2.33. The zero-order valence-electron chi connectivity index (χ0n) is 14.9. The molecule has 1 aliphatic heterocycles. The van der Waals surface area contributed by atoms with Crippen LogP contribution in [0.2, 0.25) is 0 Å². The molecule has 0 atom stereocenters. The monoisotopic (exact) mass is 426 g/mol. The summed E-state index contributed by atoms with van der Waals surface area (Å²) < 4.78 is 53.5. The second-order valence-electron chi connectivity index (χ2n) is 6.20. The molecule has 1 fully saturated rings. The predicted octanol–water partition coefficient (Wildman–Crippen LogP) is 0.993. The summed E-state index contributed by atoms with van der Waals surface area (Å²) in [4.78, 5) is 14.0. The van der Waals surface area contributed by atoms with Crippen molar-refractivity contribution >= 4 is 25.7 Å². The maximum absolute atomic E-state index is 12.9. The van der Waals surface area contributed by atoms with E-state index in [1.165, 1.54) is 41.0 Å². The normalized spacial score (nSPS) is 16.8. The van der Waals surface area contributed by atoms with Crippen molar-refractivity contribution in [1.82, 2.24) is 13.6 Å². The number of rotatable bonds is 5. The quantitative estimate of drug-likeness (QED) is 0.515. The van der Waals surface area contributed by atoms with Crippen LogP contribution in [-0.2, 0) is 20.0 Å². The zero-order chi connectivity index (χ0) is 20.5. The molecular weight excluding hydrogens is 408 g/mol. The number of hydrogen-bond acceptors (Lipinski definition) is 7. The van der Waals surface area contributed by atoms with Crippen LogP contribution in [0.1, 0.15) is 5.56 Å². The summed E-state index contributed by atoms with van der Waals surface area (Å²) in [5.41, 5.74) is 0.0676. The lowest BCUT2D eigenvalue weighted by molar-refractivity contribution is -0.385. The number of nitro benzene ring substituents is 1. The van der Waals surface area contributed by atoms with Crippen LogP contribution in [0.5, 0.6) is 0 Å². The van der Waals surface area contributed by atoms with E-state index in [4.69, 9.17) is 0 Å². The first-order valence-corrected chi connectivity index (χ1v) is 11.2. The highest BCUT2D eigenvalue weighted by Gasteiger charge is 2.35. The molecule has 1 aliphatic rings. The molecule has 0 bridgehead atoms. The van der Waals surface area contributed by atoms with Gasteiger partial charge in [0.05, 0.1) is 9.82 Å². The molecule has 0 amide bonds. The first-order valence-electron chi connectivity index (χ1n) is 8.29. The summed E-state index contributed by atoms with van der Waals surface area (Å²) in [7, 11) is -7.75. The summed E-state index contributed by atoms with van der Waals surface area (Å²) in [5, 5.41) is 11.0. The Balaban J connectivity index is 1.81. The number of benzene rings is 1. The molecule has 1 aromatic heterocycles. The van der Waals surface area contributed by atoms with Gasteiger partial charge >= 0.3 is 0 Å². The fourth-order valence-corrected chi connectivity index (χ4v) is 5.97. The smallest absolute Gasteiger partial charge is 0.263 e. The fourth-order valence-electron chi connectivity index (χ4n) is 2.92. The molecule has 150 valence electrons. The van der Waals surface area contributed by atoms with E-state index >= 15 is 0 Å². The van der Waals surface area contributed by atoms with Crippen molar-refractivity contribution in [3.05, 3.63) is 58.4 Å². The Kier molecular flexibility index (Phi) is 5.48. The molecule has 2 aromatic rings. The van der Waals surface area contributed by atoms with Gasteiger partial charge < -0.3 is 0 Å². The number of pyridine rings is 1. The van der Waals surface area contributed by atoms with Crippen LogP contribution in [0.25, 0.3) is 0 Å². The Labute approximate surface area is 162 Å². The van der Waals surface area contributed by atoms with Crippen molar-refractivity contribution in [2.45, 2.75) is 16.7 Å². The van der Waals surface area contributed by atoms with Crippen molar-refractivity contribution in [1.29, 1.82) is 0 Å². The second-order valence-corrected chi connectivity index (χ2v) is 10.0. The van der Waals surface area contributed by atoms with Crippen molar-refractivity contribution in [3.63, 3.8) is 0 Å². The third kappa shape index (κ3) is 3.76. The highest BCUT2D eigenvalue weighted by atomic mass is 32.2. The van der Waals surface area contributed by atoms with E-state index in [2.05, 4.69) is 4.98 Å². The van der Waals surface area contributed by atoms with E-state index < -0.39 is 25.0 Å². The summed E-state index contributed by atoms with van der Waals surface area (Å²) in [6, 6.07) is 6.60. The van der Waals surface area contributed by atoms with Crippen molar-refractivity contribution in [3.8, 4) is 0 Å². The van der Waals surface area contributed by atoms with Gasteiger partial charge in [-0.05, 0) is 24.6 Å². The van der Waals surface area contributed by atoms with Crippen LogP contribution in [0.3, 0.4) is 0 Å². The maximum Gasteiger partial charge on any atom is 0.270 e. The van der Waals surface area contributed by atoms with Gasteiger partial charge in [-0.2, -0.15) is 8.61 Å². The SMILES string of the molecule is Cc1ccc([N+](=O)[O-])cc1S(=O)(=O)N1CCN(S(=O)(=O)c2cccnc2)CC1. The van der Waals surface area contributed by atoms with Gasteiger partial charge in [-0.3, -0.25) is 15.1 Å². The van der Waals surface area contributed by atoms with Gasteiger partial charge in [0.2, 0.25) is 20.0 Å². The Hall–Kier alpha value is -2.41. The Morgan fingerprint density at radius 1 is 1.00 bits per heavy atom. The topological polar surface area (TPSA) is 131 Å². The largest absolute Gasteiger partial charge is 0.270 e. The highest BCUT2D eigenvalue weighted by Crippen LogP contribution is 2.26. The predicted molar refractivity (Wildman–Crippen MR) is 99.6 cm³/mol. The molecule has 0 N–H and O–H groups in total. The minimum Gasteiger partial charge on any atom is -0.263 e. The molecule has 0 saturated carbocycles. The van der Waals surface area contributed by atoms with Gasteiger partial charge in [-0.1, -0.05) is 6.07 Å². The average molecular weight is 426 g/mol. The van der Waals surface area contributed by atoms with Crippen LogP contribution in [-0.4, -0.2) is 61.5 Å². The average Bonchev–Trinajstić information content (AvgIpc) is 2.68. The molecule has 28 heavy (non-hydrogen) atoms. The number of aromatic nitrogens is 1. The van der Waals surface area contributed by atoms with Crippen molar-refractivity contribution in [2.24, 2.45) is 0 Å². The molecule has 0 aliphatic carbocycles. The van der Waals surface area contributed by atoms with Crippen LogP contribution >= 0.6 is 0 Å². The van der Waals surface area contributed by atoms with E-state index in [1.807, 2.05) is 0 Å². The second kappa shape index (κ2) is 7.54. The molecule has 1 saturated heterocycles. The highest BCUT2D eigenvalue weighted by molar-refractivity contribution is 7.89. The summed E-state index contributed by atoms with van der Waals surface area (Å²) in [5.74, 6) is 0. The maximum atomic E-state index is 12.9. The molecule has 0 radical (unpaired) electrons. The van der Waals surface area contributed by atoms with E-state index in [0.29, 0.717) is 5.56 Å². The van der Waals surface area contributed by atoms with Gasteiger partial charge in [0.25, 0.3) is 5.69 Å². The molecule has 3 rings (SSSR count). The first kappa shape index (κ1) is 20.3. The third-order valence-electron chi connectivity index (χ3n) is 4.47. The molecule has 12 heteroatoms. The lowest BCUT2D eigenvalue weighted by atomic mass is 10.2. The van der Waals surface area contributed by atoms with Crippen molar-refractivity contribution < 1.29 is 21.8 Å². The standard InChI is InChI=1S/C16H18N4O6S2/c1-13-4-5-14(20(21)22)11-16(13)28(25,26)19-9-7-18(8-10-19)27(23,24)15-3-2-6-17-12-15/h2-6,11-12H,7-10H2,1H3. The minimum absolute atomic E-state index is 0.0234. The number of hydrogen-bond donors (Lipinski definition) is 0. The first-order chi connectivity index (χ1) is 13.1. The minimum atomic E-state index is -3.99. The van der Waals surface area contributed by atoms with Gasteiger partial charge in [0.15, 0.2) is 0 Å². The number of aryl methyl sites for hydroxylation is 1. The van der Waals surface area contributed by atoms with E-state index in [-0.39, 0.29) is 41.7 Å². The lowest BCUT2D eigenvalue weighted by Crippen LogP contribution is -2.50. The summed E-state index contributed by atoms with van der Waals surface area (Å²) in [6.45, 7) is 1.41. The number of nitrogens with zero attached hydrogens (tertiary/aromatic N) is 4. The fraction of sp³-hybridized carbons (Fsp3) is 0.312. The van der Waals surface area contributed by atoms with Gasteiger partial charge in [-0.25, -0.2) is 16.8 Å². The molecule has 2 heterocycles.